The number of benzene rings is 2. The van der Waals surface area contributed by atoms with Crippen LogP contribution in [0.15, 0.2) is 42.6 Å². The van der Waals surface area contributed by atoms with E-state index in [-0.39, 0.29) is 5.78 Å². The summed E-state index contributed by atoms with van der Waals surface area (Å²) in [6.07, 6.45) is 1.68. The van der Waals surface area contributed by atoms with Crippen LogP contribution in [0.2, 0.25) is 10.0 Å². The fraction of sp³-hybridized carbons (Fsp3) is 0.0625. The van der Waals surface area contributed by atoms with Crippen LogP contribution in [0.1, 0.15) is 15.9 Å². The lowest BCUT2D eigenvalue weighted by atomic mass is 10.0. The van der Waals surface area contributed by atoms with Crippen molar-refractivity contribution in [2.45, 2.75) is 0 Å². The highest BCUT2D eigenvalue weighted by Gasteiger charge is 2.18. The minimum absolute atomic E-state index is 0.142. The number of methoxy groups -OCH3 is 1. The SMILES string of the molecule is COc1cc(Cl)ccc1C(=O)c1c[nH]c2ccc(Cl)cc12. The molecule has 0 saturated carbocycles. The van der Waals surface area contributed by atoms with Crippen LogP contribution in [0.5, 0.6) is 5.75 Å². The molecule has 0 spiro atoms. The van der Waals surface area contributed by atoms with Crippen molar-refractivity contribution < 1.29 is 9.53 Å². The molecule has 3 aromatic rings. The molecule has 1 heterocycles. The molecular weight excluding hydrogens is 309 g/mol. The van der Waals surface area contributed by atoms with Crippen LogP contribution in [-0.2, 0) is 0 Å². The van der Waals surface area contributed by atoms with Crippen molar-refractivity contribution in [1.29, 1.82) is 0 Å². The number of carbonyl (C=O) groups excluding carboxylic acids is 1. The summed E-state index contributed by atoms with van der Waals surface area (Å²) < 4.78 is 5.24. The second-order valence-corrected chi connectivity index (χ2v) is 5.44. The number of ketones is 1. The third-order valence-electron chi connectivity index (χ3n) is 3.30. The maximum absolute atomic E-state index is 12.7. The van der Waals surface area contributed by atoms with Gasteiger partial charge < -0.3 is 9.72 Å². The average molecular weight is 320 g/mol. The maximum atomic E-state index is 12.7. The quantitative estimate of drug-likeness (QED) is 0.710. The van der Waals surface area contributed by atoms with Crippen LogP contribution in [-0.4, -0.2) is 17.9 Å². The predicted octanol–water partition coefficient (Wildman–Crippen LogP) is 4.71. The Bertz CT molecular complexity index is 839. The topological polar surface area (TPSA) is 42.1 Å². The normalized spacial score (nSPS) is 10.8. The molecule has 0 aliphatic heterocycles. The Morgan fingerprint density at radius 2 is 1.76 bits per heavy atom. The summed E-state index contributed by atoms with van der Waals surface area (Å²) in [6, 6.07) is 10.3. The standard InChI is InChI=1S/C16H11Cl2NO2/c1-21-15-7-10(18)2-4-11(15)16(20)13-8-19-14-5-3-9(17)6-12(13)14/h2-8,19H,1H3. The van der Waals surface area contributed by atoms with Crippen LogP contribution >= 0.6 is 23.2 Å². The van der Waals surface area contributed by atoms with Gasteiger partial charge >= 0.3 is 0 Å². The van der Waals surface area contributed by atoms with Crippen molar-refractivity contribution in [2.75, 3.05) is 7.11 Å². The second kappa shape index (κ2) is 5.43. The van der Waals surface area contributed by atoms with Crippen molar-refractivity contribution in [3.05, 3.63) is 63.8 Å². The number of ether oxygens (including phenoxy) is 1. The molecule has 0 unspecified atom stereocenters. The Balaban J connectivity index is 2.15. The Kier molecular flexibility index (Phi) is 3.62. The van der Waals surface area contributed by atoms with Gasteiger partial charge in [-0.25, -0.2) is 0 Å². The first-order valence-electron chi connectivity index (χ1n) is 6.25. The molecule has 0 fully saturated rings. The number of nitrogens with one attached hydrogen (secondary N) is 1. The third kappa shape index (κ3) is 2.50. The fourth-order valence-electron chi connectivity index (χ4n) is 2.28. The van der Waals surface area contributed by atoms with Crippen LogP contribution in [0.4, 0.5) is 0 Å². The van der Waals surface area contributed by atoms with E-state index in [1.165, 1.54) is 7.11 Å². The Morgan fingerprint density at radius 1 is 1.05 bits per heavy atom. The molecule has 1 aromatic heterocycles. The van der Waals surface area contributed by atoms with E-state index in [9.17, 15) is 4.79 Å². The first kappa shape index (κ1) is 14.0. The Morgan fingerprint density at radius 3 is 2.52 bits per heavy atom. The Hall–Kier alpha value is -1.97. The number of fused-ring (bicyclic) bond motifs is 1. The molecule has 0 radical (unpaired) electrons. The van der Waals surface area contributed by atoms with E-state index in [2.05, 4.69) is 4.98 Å². The lowest BCUT2D eigenvalue weighted by Crippen LogP contribution is -2.03. The molecule has 0 aliphatic rings. The number of aromatic amines is 1. The minimum atomic E-state index is -0.142. The highest BCUT2D eigenvalue weighted by atomic mass is 35.5. The highest BCUT2D eigenvalue weighted by molar-refractivity contribution is 6.32. The minimum Gasteiger partial charge on any atom is -0.496 e. The molecule has 2 aromatic carbocycles. The summed E-state index contributed by atoms with van der Waals surface area (Å²) in [6.45, 7) is 0. The number of H-pyrrole nitrogens is 1. The van der Waals surface area contributed by atoms with Gasteiger partial charge in [-0.3, -0.25) is 4.79 Å². The number of rotatable bonds is 3. The number of aromatic nitrogens is 1. The predicted molar refractivity (Wildman–Crippen MR) is 84.7 cm³/mol. The van der Waals surface area contributed by atoms with Gasteiger partial charge in [0.05, 0.1) is 12.7 Å². The van der Waals surface area contributed by atoms with Crippen LogP contribution in [0.3, 0.4) is 0 Å². The highest BCUT2D eigenvalue weighted by Crippen LogP contribution is 2.29. The van der Waals surface area contributed by atoms with Crippen molar-refractivity contribution in [3.8, 4) is 5.75 Å². The zero-order valence-corrected chi connectivity index (χ0v) is 12.6. The van der Waals surface area contributed by atoms with Crippen molar-refractivity contribution >= 4 is 39.9 Å². The van der Waals surface area contributed by atoms with Gasteiger partial charge in [-0.15, -0.1) is 0 Å². The van der Waals surface area contributed by atoms with Crippen molar-refractivity contribution in [3.63, 3.8) is 0 Å². The van der Waals surface area contributed by atoms with Crippen LogP contribution in [0, 0.1) is 0 Å². The van der Waals surface area contributed by atoms with Gasteiger partial charge in [0.1, 0.15) is 5.75 Å². The molecule has 0 amide bonds. The van der Waals surface area contributed by atoms with Crippen molar-refractivity contribution in [1.82, 2.24) is 4.98 Å². The van der Waals surface area contributed by atoms with Gasteiger partial charge in [0.15, 0.2) is 5.78 Å². The molecular formula is C16H11Cl2NO2. The maximum Gasteiger partial charge on any atom is 0.198 e. The summed E-state index contributed by atoms with van der Waals surface area (Å²) in [5.74, 6) is 0.306. The average Bonchev–Trinajstić information content (AvgIpc) is 2.89. The smallest absolute Gasteiger partial charge is 0.198 e. The zero-order chi connectivity index (χ0) is 15.0. The lowest BCUT2D eigenvalue weighted by molar-refractivity contribution is 0.103. The molecule has 0 aliphatic carbocycles. The van der Waals surface area contributed by atoms with Gasteiger partial charge in [0.2, 0.25) is 0 Å². The summed E-state index contributed by atoms with van der Waals surface area (Å²) in [5.41, 5.74) is 1.87. The number of hydrogen-bond donors (Lipinski definition) is 1. The zero-order valence-electron chi connectivity index (χ0n) is 11.1. The third-order valence-corrected chi connectivity index (χ3v) is 3.77. The van der Waals surface area contributed by atoms with Crippen LogP contribution < -0.4 is 4.74 Å². The van der Waals surface area contributed by atoms with E-state index in [1.54, 1.807) is 36.5 Å². The largest absolute Gasteiger partial charge is 0.496 e. The lowest BCUT2D eigenvalue weighted by Gasteiger charge is -2.07. The number of halogens is 2. The van der Waals surface area contributed by atoms with E-state index >= 15 is 0 Å². The molecule has 0 saturated heterocycles. The van der Waals surface area contributed by atoms with Gasteiger partial charge in [-0.1, -0.05) is 23.2 Å². The van der Waals surface area contributed by atoms with Crippen molar-refractivity contribution in [2.24, 2.45) is 0 Å². The molecule has 0 bridgehead atoms. The van der Waals surface area contributed by atoms with E-state index < -0.39 is 0 Å². The van der Waals surface area contributed by atoms with E-state index in [0.29, 0.717) is 26.9 Å². The first-order chi connectivity index (χ1) is 10.1. The molecule has 3 rings (SSSR count). The summed E-state index contributed by atoms with van der Waals surface area (Å²) in [7, 11) is 1.51. The number of hydrogen-bond acceptors (Lipinski definition) is 2. The molecule has 21 heavy (non-hydrogen) atoms. The summed E-state index contributed by atoms with van der Waals surface area (Å²) >= 11 is 11.9. The van der Waals surface area contributed by atoms with Gasteiger partial charge in [-0.2, -0.15) is 0 Å². The molecule has 1 N–H and O–H groups in total. The van der Waals surface area contributed by atoms with Crippen LogP contribution in [0.25, 0.3) is 10.9 Å². The fourth-order valence-corrected chi connectivity index (χ4v) is 2.61. The second-order valence-electron chi connectivity index (χ2n) is 4.57. The van der Waals surface area contributed by atoms with E-state index in [0.717, 1.165) is 10.9 Å². The van der Waals surface area contributed by atoms with Gasteiger partial charge in [-0.05, 0) is 36.4 Å². The summed E-state index contributed by atoms with van der Waals surface area (Å²) in [5, 5.41) is 1.88. The van der Waals surface area contributed by atoms with Gasteiger partial charge in [0, 0.05) is 32.7 Å². The number of carbonyl (C=O) groups is 1. The van der Waals surface area contributed by atoms with Gasteiger partial charge in [0.25, 0.3) is 0 Å². The van der Waals surface area contributed by atoms with E-state index in [4.69, 9.17) is 27.9 Å². The first-order valence-corrected chi connectivity index (χ1v) is 7.00. The molecule has 5 heteroatoms. The monoisotopic (exact) mass is 319 g/mol. The molecule has 3 nitrogen and oxygen atoms in total. The van der Waals surface area contributed by atoms with E-state index in [1.807, 2.05) is 6.07 Å². The Labute approximate surface area is 131 Å². The summed E-state index contributed by atoms with van der Waals surface area (Å²) in [4.78, 5) is 15.8. The molecule has 0 atom stereocenters. The molecule has 106 valence electrons.